The molecule has 1 aromatic rings. The zero-order valence-corrected chi connectivity index (χ0v) is 7.01. The highest BCUT2D eigenvalue weighted by molar-refractivity contribution is 6.28. The molecule has 1 aromatic heterocycles. The highest BCUT2D eigenvalue weighted by Gasteiger charge is 2.26. The van der Waals surface area contributed by atoms with Gasteiger partial charge in [-0.15, -0.1) is 0 Å². The van der Waals surface area contributed by atoms with Gasteiger partial charge in [0.15, 0.2) is 0 Å². The summed E-state index contributed by atoms with van der Waals surface area (Å²) in [5.41, 5.74) is 0. The molecule has 0 aliphatic heterocycles. The molecular formula is C7H9ClN2O. The summed E-state index contributed by atoms with van der Waals surface area (Å²) in [6, 6.07) is 0.568. The maximum Gasteiger partial charge on any atom is 0.232 e. The summed E-state index contributed by atoms with van der Waals surface area (Å²) < 4.78 is 6.90. The monoisotopic (exact) mass is 172 g/mol. The lowest BCUT2D eigenvalue weighted by atomic mass is 10.7. The molecule has 1 heterocycles. The first-order valence-electron chi connectivity index (χ1n) is 3.59. The fourth-order valence-corrected chi connectivity index (χ4v) is 1.33. The standard InChI is InChI=1S/C7H9ClN2O/c1-11-6-4-10(5-2-3-5)7(8)9-6/h4-5H,2-3H2,1H3. The van der Waals surface area contributed by atoms with Crippen molar-refractivity contribution >= 4 is 11.6 Å². The Morgan fingerprint density at radius 2 is 2.45 bits per heavy atom. The zero-order chi connectivity index (χ0) is 7.84. The third kappa shape index (κ3) is 1.20. The normalized spacial score (nSPS) is 16.9. The summed E-state index contributed by atoms with van der Waals surface area (Å²) in [5, 5.41) is 0.532. The topological polar surface area (TPSA) is 27.1 Å². The Morgan fingerprint density at radius 3 is 2.91 bits per heavy atom. The molecule has 1 aliphatic carbocycles. The van der Waals surface area contributed by atoms with E-state index in [0.717, 1.165) is 0 Å². The molecule has 1 fully saturated rings. The molecule has 0 aromatic carbocycles. The second kappa shape index (κ2) is 2.41. The highest BCUT2D eigenvalue weighted by Crippen LogP contribution is 2.37. The maximum absolute atomic E-state index is 5.83. The van der Waals surface area contributed by atoms with Crippen LogP contribution in [-0.2, 0) is 0 Å². The second-order valence-corrected chi connectivity index (χ2v) is 3.03. The van der Waals surface area contributed by atoms with Crippen molar-refractivity contribution in [2.75, 3.05) is 7.11 Å². The average molecular weight is 173 g/mol. The summed E-state index contributed by atoms with van der Waals surface area (Å²) >= 11 is 5.83. The molecule has 1 saturated carbocycles. The Kier molecular flexibility index (Phi) is 1.53. The molecule has 1 aliphatic rings. The lowest BCUT2D eigenvalue weighted by Gasteiger charge is -1.96. The molecule has 0 amide bonds. The Morgan fingerprint density at radius 1 is 1.73 bits per heavy atom. The quantitative estimate of drug-likeness (QED) is 0.681. The summed E-state index contributed by atoms with van der Waals surface area (Å²) in [6.07, 6.45) is 4.26. The van der Waals surface area contributed by atoms with E-state index in [1.165, 1.54) is 12.8 Å². The number of ether oxygens (including phenoxy) is 1. The first-order chi connectivity index (χ1) is 5.31. The molecule has 0 saturated heterocycles. The minimum atomic E-state index is 0.532. The molecule has 3 nitrogen and oxygen atoms in total. The van der Waals surface area contributed by atoms with Crippen LogP contribution in [0.3, 0.4) is 0 Å². The van der Waals surface area contributed by atoms with Crippen LogP contribution in [0.2, 0.25) is 5.28 Å². The van der Waals surface area contributed by atoms with Crippen LogP contribution in [0.15, 0.2) is 6.20 Å². The molecule has 0 atom stereocenters. The SMILES string of the molecule is COc1cn(C2CC2)c(Cl)n1. The Bertz CT molecular complexity index is 267. The smallest absolute Gasteiger partial charge is 0.232 e. The molecule has 60 valence electrons. The van der Waals surface area contributed by atoms with E-state index in [4.69, 9.17) is 16.3 Å². The van der Waals surface area contributed by atoms with E-state index in [1.54, 1.807) is 7.11 Å². The summed E-state index contributed by atoms with van der Waals surface area (Å²) in [5.74, 6) is 0.599. The van der Waals surface area contributed by atoms with Crippen LogP contribution in [-0.4, -0.2) is 16.7 Å². The maximum atomic E-state index is 5.83. The first kappa shape index (κ1) is 6.98. The van der Waals surface area contributed by atoms with Crippen molar-refractivity contribution in [2.45, 2.75) is 18.9 Å². The Balaban J connectivity index is 2.30. The van der Waals surface area contributed by atoms with Gasteiger partial charge in [-0.05, 0) is 24.4 Å². The van der Waals surface area contributed by atoms with Crippen LogP contribution < -0.4 is 4.74 Å². The van der Waals surface area contributed by atoms with Gasteiger partial charge in [0.2, 0.25) is 11.2 Å². The first-order valence-corrected chi connectivity index (χ1v) is 3.97. The number of halogens is 1. The van der Waals surface area contributed by atoms with E-state index >= 15 is 0 Å². The number of hydrogen-bond acceptors (Lipinski definition) is 2. The Labute approximate surface area is 69.9 Å². The summed E-state index contributed by atoms with van der Waals surface area (Å²) in [6.45, 7) is 0. The third-order valence-electron chi connectivity index (χ3n) is 1.81. The lowest BCUT2D eigenvalue weighted by molar-refractivity contribution is 0.399. The number of methoxy groups -OCH3 is 1. The largest absolute Gasteiger partial charge is 0.480 e. The van der Waals surface area contributed by atoms with Gasteiger partial charge in [-0.3, -0.25) is 0 Å². The minimum absolute atomic E-state index is 0.532. The van der Waals surface area contributed by atoms with Crippen molar-refractivity contribution in [2.24, 2.45) is 0 Å². The van der Waals surface area contributed by atoms with Gasteiger partial charge in [0.05, 0.1) is 13.3 Å². The van der Waals surface area contributed by atoms with Crippen LogP contribution >= 0.6 is 11.6 Å². The van der Waals surface area contributed by atoms with Gasteiger partial charge >= 0.3 is 0 Å². The molecule has 11 heavy (non-hydrogen) atoms. The molecule has 0 radical (unpaired) electrons. The van der Waals surface area contributed by atoms with Crippen LogP contribution in [0.4, 0.5) is 0 Å². The number of imidazole rings is 1. The van der Waals surface area contributed by atoms with E-state index < -0.39 is 0 Å². The minimum Gasteiger partial charge on any atom is -0.480 e. The molecule has 0 N–H and O–H groups in total. The van der Waals surface area contributed by atoms with E-state index in [2.05, 4.69) is 4.98 Å². The predicted molar refractivity (Wildman–Crippen MR) is 42.1 cm³/mol. The molecule has 0 bridgehead atoms. The summed E-state index contributed by atoms with van der Waals surface area (Å²) in [4.78, 5) is 4.00. The van der Waals surface area contributed by atoms with Gasteiger partial charge in [0.25, 0.3) is 0 Å². The van der Waals surface area contributed by atoms with Crippen LogP contribution in [0.5, 0.6) is 5.88 Å². The van der Waals surface area contributed by atoms with Gasteiger partial charge in [-0.2, -0.15) is 4.98 Å². The van der Waals surface area contributed by atoms with Crippen LogP contribution in [0, 0.1) is 0 Å². The molecule has 2 rings (SSSR count). The Hall–Kier alpha value is -0.700. The van der Waals surface area contributed by atoms with Gasteiger partial charge in [-0.25, -0.2) is 0 Å². The van der Waals surface area contributed by atoms with Crippen molar-refractivity contribution in [1.29, 1.82) is 0 Å². The van der Waals surface area contributed by atoms with Gasteiger partial charge in [-0.1, -0.05) is 0 Å². The average Bonchev–Trinajstić information content (AvgIpc) is 2.76. The van der Waals surface area contributed by atoms with E-state index in [0.29, 0.717) is 17.2 Å². The lowest BCUT2D eigenvalue weighted by Crippen LogP contribution is -1.89. The van der Waals surface area contributed by atoms with Gasteiger partial charge in [0.1, 0.15) is 0 Å². The number of hydrogen-bond donors (Lipinski definition) is 0. The van der Waals surface area contributed by atoms with Crippen molar-refractivity contribution in [1.82, 2.24) is 9.55 Å². The van der Waals surface area contributed by atoms with E-state index in [1.807, 2.05) is 10.8 Å². The fourth-order valence-electron chi connectivity index (χ4n) is 1.06. The van der Waals surface area contributed by atoms with Crippen molar-refractivity contribution < 1.29 is 4.74 Å². The van der Waals surface area contributed by atoms with E-state index in [9.17, 15) is 0 Å². The van der Waals surface area contributed by atoms with E-state index in [-0.39, 0.29) is 0 Å². The number of aromatic nitrogens is 2. The predicted octanol–water partition coefficient (Wildman–Crippen LogP) is 1.88. The van der Waals surface area contributed by atoms with Crippen molar-refractivity contribution in [3.8, 4) is 5.88 Å². The fraction of sp³-hybridized carbons (Fsp3) is 0.571. The molecule has 0 spiro atoms. The number of rotatable bonds is 2. The second-order valence-electron chi connectivity index (χ2n) is 2.69. The van der Waals surface area contributed by atoms with Gasteiger partial charge in [0, 0.05) is 6.04 Å². The number of nitrogens with zero attached hydrogens (tertiary/aromatic N) is 2. The van der Waals surface area contributed by atoms with Gasteiger partial charge < -0.3 is 9.30 Å². The van der Waals surface area contributed by atoms with Crippen LogP contribution in [0.1, 0.15) is 18.9 Å². The third-order valence-corrected chi connectivity index (χ3v) is 2.09. The summed E-state index contributed by atoms with van der Waals surface area (Å²) in [7, 11) is 1.59. The highest BCUT2D eigenvalue weighted by atomic mass is 35.5. The molecule has 4 heteroatoms. The molecular weight excluding hydrogens is 164 g/mol. The van der Waals surface area contributed by atoms with Crippen LogP contribution in [0.25, 0.3) is 0 Å². The molecule has 0 unspecified atom stereocenters. The zero-order valence-electron chi connectivity index (χ0n) is 6.25. The van der Waals surface area contributed by atoms with Crippen molar-refractivity contribution in [3.05, 3.63) is 11.5 Å². The van der Waals surface area contributed by atoms with Crippen molar-refractivity contribution in [3.63, 3.8) is 0 Å².